The zero-order chi connectivity index (χ0) is 27.3. The molecule has 0 bridgehead atoms. The molecule has 10 nitrogen and oxygen atoms in total. The molecular formula is C24H20Cl2N2O8S. The Hall–Kier alpha value is -3.80. The van der Waals surface area contributed by atoms with Gasteiger partial charge in [-0.15, -0.1) is 0 Å². The van der Waals surface area contributed by atoms with Gasteiger partial charge >= 0.3 is 11.9 Å². The fourth-order valence-electron chi connectivity index (χ4n) is 3.19. The molecule has 13 heteroatoms. The third-order valence-corrected chi connectivity index (χ3v) is 6.86. The molecule has 3 aromatic rings. The van der Waals surface area contributed by atoms with E-state index in [-0.39, 0.29) is 43.7 Å². The number of amides is 1. The number of sulfonamides is 1. The fourth-order valence-corrected chi connectivity index (χ4v) is 4.75. The normalized spacial score (nSPS) is 10.8. The molecule has 0 spiro atoms. The first-order valence-electron chi connectivity index (χ1n) is 10.3. The number of anilines is 2. The highest BCUT2D eigenvalue weighted by Crippen LogP contribution is 2.30. The first kappa shape index (κ1) is 27.8. The quantitative estimate of drug-likeness (QED) is 0.376. The van der Waals surface area contributed by atoms with E-state index in [1.54, 1.807) is 0 Å². The Labute approximate surface area is 222 Å². The van der Waals surface area contributed by atoms with Crippen LogP contribution >= 0.6 is 23.2 Å². The Bertz CT molecular complexity index is 1460. The Kier molecular flexibility index (Phi) is 8.64. The highest BCUT2D eigenvalue weighted by molar-refractivity contribution is 7.92. The Balaban J connectivity index is 1.97. The molecule has 0 atom stereocenters. The van der Waals surface area contributed by atoms with Crippen molar-refractivity contribution in [1.82, 2.24) is 0 Å². The van der Waals surface area contributed by atoms with Gasteiger partial charge in [0, 0.05) is 5.02 Å². The van der Waals surface area contributed by atoms with E-state index in [0.29, 0.717) is 5.02 Å². The Morgan fingerprint density at radius 1 is 0.811 bits per heavy atom. The predicted octanol–water partition coefficient (Wildman–Crippen LogP) is 4.63. The maximum absolute atomic E-state index is 13.2. The van der Waals surface area contributed by atoms with Gasteiger partial charge < -0.3 is 19.5 Å². The minimum Gasteiger partial charge on any atom is -0.495 e. The lowest BCUT2D eigenvalue weighted by Gasteiger charge is -2.15. The smallest absolute Gasteiger partial charge is 0.337 e. The number of halogens is 2. The molecule has 3 aromatic carbocycles. The number of methoxy groups -OCH3 is 3. The summed E-state index contributed by atoms with van der Waals surface area (Å²) in [5.74, 6) is -2.03. The van der Waals surface area contributed by atoms with Crippen LogP contribution in [0.25, 0.3) is 0 Å². The second kappa shape index (κ2) is 11.5. The first-order valence-corrected chi connectivity index (χ1v) is 12.5. The van der Waals surface area contributed by atoms with Crippen molar-refractivity contribution in [1.29, 1.82) is 0 Å². The molecular weight excluding hydrogens is 547 g/mol. The van der Waals surface area contributed by atoms with Crippen LogP contribution in [0.5, 0.6) is 5.75 Å². The van der Waals surface area contributed by atoms with Crippen LogP contribution in [-0.4, -0.2) is 47.6 Å². The number of rotatable bonds is 8. The minimum absolute atomic E-state index is 0.0416. The van der Waals surface area contributed by atoms with Crippen molar-refractivity contribution in [3.63, 3.8) is 0 Å². The molecule has 0 aromatic heterocycles. The standard InChI is InChI=1S/C24H20Cl2N2O8S/c1-34-21-7-5-17(12-20(21)27-22(29)18-6-4-15(25)11-19(18)26)37(32,33)28-16-9-13(23(30)35-2)8-14(10-16)24(31)36-3/h4-12,28H,1-3H3,(H,27,29). The van der Waals surface area contributed by atoms with Crippen molar-refractivity contribution in [2.75, 3.05) is 31.4 Å². The third kappa shape index (κ3) is 6.50. The number of carbonyl (C=O) groups is 3. The molecule has 0 aliphatic carbocycles. The van der Waals surface area contributed by atoms with Crippen LogP contribution in [0.4, 0.5) is 11.4 Å². The van der Waals surface area contributed by atoms with Gasteiger partial charge in [-0.1, -0.05) is 23.2 Å². The maximum atomic E-state index is 13.2. The molecule has 0 aliphatic heterocycles. The average molecular weight is 567 g/mol. The van der Waals surface area contributed by atoms with Crippen LogP contribution < -0.4 is 14.8 Å². The van der Waals surface area contributed by atoms with Crippen molar-refractivity contribution in [2.24, 2.45) is 0 Å². The van der Waals surface area contributed by atoms with Crippen LogP contribution in [0.3, 0.4) is 0 Å². The summed E-state index contributed by atoms with van der Waals surface area (Å²) in [6.07, 6.45) is 0. The molecule has 1 amide bonds. The molecule has 194 valence electrons. The van der Waals surface area contributed by atoms with Gasteiger partial charge in [-0.3, -0.25) is 9.52 Å². The lowest BCUT2D eigenvalue weighted by molar-refractivity contribution is 0.0599. The monoisotopic (exact) mass is 566 g/mol. The largest absolute Gasteiger partial charge is 0.495 e. The zero-order valence-corrected chi connectivity index (χ0v) is 22.0. The summed E-state index contributed by atoms with van der Waals surface area (Å²) in [6.45, 7) is 0. The number of ether oxygens (including phenoxy) is 3. The molecule has 37 heavy (non-hydrogen) atoms. The molecule has 2 N–H and O–H groups in total. The van der Waals surface area contributed by atoms with E-state index in [1.807, 2.05) is 0 Å². The number of nitrogens with one attached hydrogen (secondary N) is 2. The van der Waals surface area contributed by atoms with Gasteiger partial charge in [0.05, 0.1) is 59.3 Å². The second-order valence-electron chi connectivity index (χ2n) is 7.33. The van der Waals surface area contributed by atoms with Crippen molar-refractivity contribution >= 4 is 62.4 Å². The van der Waals surface area contributed by atoms with Crippen LogP contribution in [0.15, 0.2) is 59.5 Å². The van der Waals surface area contributed by atoms with E-state index >= 15 is 0 Å². The van der Waals surface area contributed by atoms with Crippen molar-refractivity contribution < 1.29 is 37.0 Å². The average Bonchev–Trinajstić information content (AvgIpc) is 2.87. The summed E-state index contributed by atoms with van der Waals surface area (Å²) in [4.78, 5) is 36.6. The third-order valence-electron chi connectivity index (χ3n) is 4.93. The van der Waals surface area contributed by atoms with E-state index in [0.717, 1.165) is 14.2 Å². The van der Waals surface area contributed by atoms with Gasteiger partial charge in [-0.05, 0) is 54.6 Å². The molecule has 0 unspecified atom stereocenters. The fraction of sp³-hybridized carbons (Fsp3) is 0.125. The highest BCUT2D eigenvalue weighted by atomic mass is 35.5. The number of carbonyl (C=O) groups excluding carboxylic acids is 3. The van der Waals surface area contributed by atoms with Crippen molar-refractivity contribution in [3.8, 4) is 5.75 Å². The lowest BCUT2D eigenvalue weighted by Crippen LogP contribution is -2.17. The van der Waals surface area contributed by atoms with Crippen molar-refractivity contribution in [2.45, 2.75) is 4.90 Å². The van der Waals surface area contributed by atoms with E-state index in [4.69, 9.17) is 27.9 Å². The van der Waals surface area contributed by atoms with Gasteiger partial charge in [0.1, 0.15) is 5.75 Å². The van der Waals surface area contributed by atoms with Crippen LogP contribution in [-0.2, 0) is 19.5 Å². The molecule has 3 rings (SSSR count). The number of benzene rings is 3. The predicted molar refractivity (Wildman–Crippen MR) is 137 cm³/mol. The summed E-state index contributed by atoms with van der Waals surface area (Å²) in [6, 6.07) is 11.7. The van der Waals surface area contributed by atoms with E-state index in [2.05, 4.69) is 19.5 Å². The van der Waals surface area contributed by atoms with E-state index in [1.165, 1.54) is 61.7 Å². The topological polar surface area (TPSA) is 137 Å². The summed E-state index contributed by atoms with van der Waals surface area (Å²) >= 11 is 12.0. The van der Waals surface area contributed by atoms with Crippen molar-refractivity contribution in [3.05, 3.63) is 81.3 Å². The second-order valence-corrected chi connectivity index (χ2v) is 9.85. The number of esters is 2. The lowest BCUT2D eigenvalue weighted by atomic mass is 10.1. The van der Waals surface area contributed by atoms with Crippen LogP contribution in [0.1, 0.15) is 31.1 Å². The maximum Gasteiger partial charge on any atom is 0.337 e. The Morgan fingerprint density at radius 2 is 1.43 bits per heavy atom. The Morgan fingerprint density at radius 3 is 1.97 bits per heavy atom. The summed E-state index contributed by atoms with van der Waals surface area (Å²) in [5.41, 5.74) is -0.108. The molecule has 0 saturated carbocycles. The summed E-state index contributed by atoms with van der Waals surface area (Å²) in [7, 11) is -0.651. The zero-order valence-electron chi connectivity index (χ0n) is 19.6. The van der Waals surface area contributed by atoms with Gasteiger partial charge in [-0.25, -0.2) is 18.0 Å². The molecule has 0 aliphatic rings. The summed E-state index contributed by atoms with van der Waals surface area (Å²) in [5, 5.41) is 3.01. The van der Waals surface area contributed by atoms with Crippen LogP contribution in [0.2, 0.25) is 10.0 Å². The molecule has 0 heterocycles. The molecule has 0 fully saturated rings. The molecule has 0 radical (unpaired) electrons. The van der Waals surface area contributed by atoms with Crippen LogP contribution in [0, 0.1) is 0 Å². The van der Waals surface area contributed by atoms with E-state index < -0.39 is 27.9 Å². The highest BCUT2D eigenvalue weighted by Gasteiger charge is 2.21. The first-order chi connectivity index (χ1) is 17.5. The minimum atomic E-state index is -4.28. The number of hydrogen-bond donors (Lipinski definition) is 2. The van der Waals surface area contributed by atoms with Gasteiger partial charge in [0.2, 0.25) is 0 Å². The van der Waals surface area contributed by atoms with Gasteiger partial charge in [-0.2, -0.15) is 0 Å². The summed E-state index contributed by atoms with van der Waals surface area (Å²) < 4.78 is 43.2. The molecule has 0 saturated heterocycles. The van der Waals surface area contributed by atoms with Gasteiger partial charge in [0.25, 0.3) is 15.9 Å². The number of hydrogen-bond acceptors (Lipinski definition) is 8. The van der Waals surface area contributed by atoms with Gasteiger partial charge in [0.15, 0.2) is 0 Å². The SMILES string of the molecule is COC(=O)c1cc(NS(=O)(=O)c2ccc(OC)c(NC(=O)c3ccc(Cl)cc3Cl)c2)cc(C(=O)OC)c1. The van der Waals surface area contributed by atoms with E-state index in [9.17, 15) is 22.8 Å².